The van der Waals surface area contributed by atoms with Crippen molar-refractivity contribution in [3.05, 3.63) is 48.0 Å². The second kappa shape index (κ2) is 7.70. The first-order valence-electron chi connectivity index (χ1n) is 7.54. The van der Waals surface area contributed by atoms with E-state index in [1.165, 1.54) is 6.08 Å². The average Bonchev–Trinajstić information content (AvgIpc) is 2.91. The van der Waals surface area contributed by atoms with Crippen LogP contribution in [0.25, 0.3) is 0 Å². The number of esters is 1. The molecule has 0 saturated carbocycles. The lowest BCUT2D eigenvalue weighted by atomic mass is 10.1. The highest BCUT2D eigenvalue weighted by atomic mass is 16.7. The summed E-state index contributed by atoms with van der Waals surface area (Å²) in [5, 5.41) is 0. The number of hydrogen-bond acceptors (Lipinski definition) is 6. The summed E-state index contributed by atoms with van der Waals surface area (Å²) in [7, 11) is 1.54. The maximum absolute atomic E-state index is 11.4. The zero-order chi connectivity index (χ0) is 16.1. The van der Waals surface area contributed by atoms with Gasteiger partial charge < -0.3 is 23.7 Å². The third kappa shape index (κ3) is 3.97. The molecule has 0 amide bonds. The Balaban J connectivity index is 1.58. The summed E-state index contributed by atoms with van der Waals surface area (Å²) in [4.78, 5) is 11.4. The molecule has 0 bridgehead atoms. The molecule has 6 heteroatoms. The highest BCUT2D eigenvalue weighted by Gasteiger charge is 2.48. The van der Waals surface area contributed by atoms with Crippen LogP contribution in [0.4, 0.5) is 0 Å². The molecule has 23 heavy (non-hydrogen) atoms. The van der Waals surface area contributed by atoms with Crippen molar-refractivity contribution < 1.29 is 28.5 Å². The summed E-state index contributed by atoms with van der Waals surface area (Å²) in [6.07, 6.45) is 1.58. The lowest BCUT2D eigenvalue weighted by molar-refractivity contribution is -0.160. The van der Waals surface area contributed by atoms with Gasteiger partial charge >= 0.3 is 5.97 Å². The molecule has 1 fully saturated rings. The largest absolute Gasteiger partial charge is 0.453 e. The Hall–Kier alpha value is -1.73. The molecule has 0 N–H and O–H groups in total. The van der Waals surface area contributed by atoms with E-state index in [-0.39, 0.29) is 25.0 Å². The summed E-state index contributed by atoms with van der Waals surface area (Å²) >= 11 is 0. The summed E-state index contributed by atoms with van der Waals surface area (Å²) in [6.45, 7) is 0.942. The Morgan fingerprint density at radius 2 is 2.04 bits per heavy atom. The van der Waals surface area contributed by atoms with Gasteiger partial charge in [-0.25, -0.2) is 4.79 Å². The van der Waals surface area contributed by atoms with Crippen LogP contribution < -0.4 is 0 Å². The van der Waals surface area contributed by atoms with Crippen LogP contribution in [0, 0.1) is 0 Å². The van der Waals surface area contributed by atoms with E-state index < -0.39 is 12.2 Å². The Bertz CT molecular complexity index is 543. The molecular formula is C17H20O6. The molecule has 0 radical (unpaired) electrons. The van der Waals surface area contributed by atoms with E-state index >= 15 is 0 Å². The van der Waals surface area contributed by atoms with E-state index in [1.807, 2.05) is 30.3 Å². The molecule has 1 saturated heterocycles. The average molecular weight is 320 g/mol. The molecule has 6 nitrogen and oxygen atoms in total. The van der Waals surface area contributed by atoms with Crippen LogP contribution >= 0.6 is 0 Å². The van der Waals surface area contributed by atoms with Gasteiger partial charge in [-0.05, 0) is 11.6 Å². The van der Waals surface area contributed by atoms with E-state index in [1.54, 1.807) is 13.2 Å². The van der Waals surface area contributed by atoms with Crippen molar-refractivity contribution in [1.82, 2.24) is 0 Å². The van der Waals surface area contributed by atoms with Crippen LogP contribution in [0.2, 0.25) is 0 Å². The van der Waals surface area contributed by atoms with Crippen LogP contribution in [0.1, 0.15) is 5.56 Å². The first kappa shape index (κ1) is 16.1. The quantitative estimate of drug-likeness (QED) is 0.560. The Morgan fingerprint density at radius 3 is 2.83 bits per heavy atom. The Kier molecular flexibility index (Phi) is 5.40. The first-order valence-corrected chi connectivity index (χ1v) is 7.54. The maximum Gasteiger partial charge on any atom is 0.330 e. The van der Waals surface area contributed by atoms with E-state index in [0.717, 1.165) is 5.56 Å². The van der Waals surface area contributed by atoms with Gasteiger partial charge in [0.05, 0.1) is 13.2 Å². The lowest BCUT2D eigenvalue weighted by Gasteiger charge is -2.24. The van der Waals surface area contributed by atoms with Crippen LogP contribution in [0.3, 0.4) is 0 Å². The number of carbonyl (C=O) groups excluding carboxylic acids is 1. The van der Waals surface area contributed by atoms with Gasteiger partial charge in [-0.15, -0.1) is 0 Å². The van der Waals surface area contributed by atoms with Gasteiger partial charge in [0.15, 0.2) is 6.10 Å². The topological polar surface area (TPSA) is 63.2 Å². The van der Waals surface area contributed by atoms with Gasteiger partial charge in [-0.2, -0.15) is 0 Å². The molecule has 0 aliphatic carbocycles. The minimum Gasteiger partial charge on any atom is -0.453 e. The minimum absolute atomic E-state index is 0.105. The van der Waals surface area contributed by atoms with Gasteiger partial charge in [-0.1, -0.05) is 30.3 Å². The van der Waals surface area contributed by atoms with Crippen molar-refractivity contribution in [2.75, 3.05) is 20.5 Å². The number of hydrogen-bond donors (Lipinski definition) is 0. The third-order valence-electron chi connectivity index (χ3n) is 3.79. The molecule has 0 unspecified atom stereocenters. The van der Waals surface area contributed by atoms with Crippen LogP contribution in [0.15, 0.2) is 42.5 Å². The molecule has 4 atom stereocenters. The first-order chi connectivity index (χ1) is 11.3. The van der Waals surface area contributed by atoms with E-state index in [0.29, 0.717) is 13.2 Å². The van der Waals surface area contributed by atoms with Crippen molar-refractivity contribution in [2.45, 2.75) is 31.0 Å². The Labute approximate surface area is 134 Å². The fourth-order valence-corrected chi connectivity index (χ4v) is 2.74. The SMILES string of the molecule is COCO[C@@H]1[C@@H]2OC(=O)C=C[C@@H]2O[C@@H]1COCc1ccccc1. The molecular weight excluding hydrogens is 300 g/mol. The fraction of sp³-hybridized carbons (Fsp3) is 0.471. The fourth-order valence-electron chi connectivity index (χ4n) is 2.74. The van der Waals surface area contributed by atoms with Gasteiger partial charge in [0.1, 0.15) is 25.1 Å². The van der Waals surface area contributed by atoms with Crippen molar-refractivity contribution >= 4 is 5.97 Å². The van der Waals surface area contributed by atoms with Crippen molar-refractivity contribution in [2.24, 2.45) is 0 Å². The molecule has 2 heterocycles. The number of methoxy groups -OCH3 is 1. The Morgan fingerprint density at radius 1 is 1.22 bits per heavy atom. The highest BCUT2D eigenvalue weighted by Crippen LogP contribution is 2.30. The van der Waals surface area contributed by atoms with Gasteiger partial charge in [0.2, 0.25) is 0 Å². The third-order valence-corrected chi connectivity index (χ3v) is 3.79. The smallest absolute Gasteiger partial charge is 0.330 e. The number of carbonyl (C=O) groups is 1. The molecule has 0 aromatic heterocycles. The van der Waals surface area contributed by atoms with Gasteiger partial charge in [0, 0.05) is 13.2 Å². The van der Waals surface area contributed by atoms with E-state index in [2.05, 4.69) is 0 Å². The molecule has 2 aliphatic rings. The lowest BCUT2D eigenvalue weighted by Crippen LogP contribution is -2.41. The molecule has 124 valence electrons. The normalized spacial score (nSPS) is 29.3. The standard InChI is InChI=1S/C17H20O6/c1-19-11-21-16-14(10-20-9-12-5-3-2-4-6-12)22-13-7-8-15(18)23-17(13)16/h2-8,13-14,16-17H,9-11H2,1H3/t13-,14+,16-,17+/m0/s1. The van der Waals surface area contributed by atoms with Crippen molar-refractivity contribution in [1.29, 1.82) is 0 Å². The minimum atomic E-state index is -0.465. The monoisotopic (exact) mass is 320 g/mol. The zero-order valence-corrected chi connectivity index (χ0v) is 12.9. The second-order valence-electron chi connectivity index (χ2n) is 5.44. The number of fused-ring (bicyclic) bond motifs is 1. The zero-order valence-electron chi connectivity index (χ0n) is 12.9. The van der Waals surface area contributed by atoms with Crippen LogP contribution in [-0.2, 0) is 35.1 Å². The van der Waals surface area contributed by atoms with Crippen LogP contribution in [-0.4, -0.2) is 50.9 Å². The summed E-state index contributed by atoms with van der Waals surface area (Å²) in [5.41, 5.74) is 1.09. The van der Waals surface area contributed by atoms with Gasteiger partial charge in [0.25, 0.3) is 0 Å². The second-order valence-corrected chi connectivity index (χ2v) is 5.44. The van der Waals surface area contributed by atoms with Gasteiger partial charge in [-0.3, -0.25) is 0 Å². The molecule has 1 aromatic carbocycles. The van der Waals surface area contributed by atoms with Crippen molar-refractivity contribution in [3.63, 3.8) is 0 Å². The number of ether oxygens (including phenoxy) is 5. The number of benzene rings is 1. The van der Waals surface area contributed by atoms with Crippen LogP contribution in [0.5, 0.6) is 0 Å². The predicted molar refractivity (Wildman–Crippen MR) is 80.5 cm³/mol. The molecule has 0 spiro atoms. The summed E-state index contributed by atoms with van der Waals surface area (Å²) < 4.78 is 27.6. The predicted octanol–water partition coefficient (Wildman–Crippen LogP) is 1.44. The molecule has 1 aromatic rings. The summed E-state index contributed by atoms with van der Waals surface area (Å²) in [6, 6.07) is 9.89. The number of rotatable bonds is 7. The summed E-state index contributed by atoms with van der Waals surface area (Å²) in [5.74, 6) is -0.383. The van der Waals surface area contributed by atoms with E-state index in [9.17, 15) is 4.79 Å². The molecule has 3 rings (SSSR count). The highest BCUT2D eigenvalue weighted by molar-refractivity contribution is 5.83. The van der Waals surface area contributed by atoms with E-state index in [4.69, 9.17) is 23.7 Å². The van der Waals surface area contributed by atoms with Crippen molar-refractivity contribution in [3.8, 4) is 0 Å². The maximum atomic E-state index is 11.4. The molecule has 2 aliphatic heterocycles.